The van der Waals surface area contributed by atoms with Gasteiger partial charge in [-0.1, -0.05) is 12.1 Å². The molecule has 0 radical (unpaired) electrons. The Hall–Kier alpha value is -1.95. The molecule has 0 aromatic heterocycles. The molecule has 0 saturated carbocycles. The van der Waals surface area contributed by atoms with Crippen molar-refractivity contribution in [2.45, 2.75) is 31.3 Å². The lowest BCUT2D eigenvalue weighted by Gasteiger charge is -2.45. The highest BCUT2D eigenvalue weighted by atomic mass is 19.1. The summed E-state index contributed by atoms with van der Waals surface area (Å²) in [5.41, 5.74) is 0.683. The van der Waals surface area contributed by atoms with Crippen molar-refractivity contribution in [3.8, 4) is 0 Å². The molecule has 4 aliphatic rings. The molecule has 2 bridgehead atoms. The number of piperidine rings is 3. The number of nitrogens with zero attached hydrogens (tertiary/aromatic N) is 2. The van der Waals surface area contributed by atoms with Crippen LogP contribution in [0.5, 0.6) is 0 Å². The van der Waals surface area contributed by atoms with Crippen LogP contribution in [0.4, 0.5) is 4.39 Å². The summed E-state index contributed by atoms with van der Waals surface area (Å²) in [4.78, 5) is 29.1. The molecule has 6 heteroatoms. The monoisotopic (exact) mass is 345 g/mol. The molecule has 25 heavy (non-hydrogen) atoms. The van der Waals surface area contributed by atoms with Crippen LogP contribution in [0.1, 0.15) is 30.9 Å². The van der Waals surface area contributed by atoms with E-state index in [4.69, 9.17) is 0 Å². The number of likely N-dealkylation sites (tertiary alicyclic amines) is 1. The van der Waals surface area contributed by atoms with Crippen LogP contribution < -0.4 is 5.32 Å². The summed E-state index contributed by atoms with van der Waals surface area (Å²) in [5, 5.41) is 3.19. The number of hydrogen-bond acceptors (Lipinski definition) is 3. The molecular formula is C19H24FN3O2. The normalized spacial score (nSPS) is 34.4. The van der Waals surface area contributed by atoms with Gasteiger partial charge < -0.3 is 15.1 Å². The molecule has 1 aromatic carbocycles. The number of carbonyl (C=O) groups is 2. The summed E-state index contributed by atoms with van der Waals surface area (Å²) < 4.78 is 13.6. The molecule has 4 fully saturated rings. The van der Waals surface area contributed by atoms with Crippen LogP contribution in [0.3, 0.4) is 0 Å². The van der Waals surface area contributed by atoms with Gasteiger partial charge in [-0.25, -0.2) is 4.39 Å². The molecule has 1 aromatic rings. The number of carbonyl (C=O) groups excluding carboxylic acids is 2. The van der Waals surface area contributed by atoms with Gasteiger partial charge in [-0.3, -0.25) is 9.59 Å². The van der Waals surface area contributed by atoms with Gasteiger partial charge in [0, 0.05) is 26.1 Å². The third-order valence-corrected chi connectivity index (χ3v) is 6.10. The lowest BCUT2D eigenvalue weighted by Crippen LogP contribution is -2.58. The lowest BCUT2D eigenvalue weighted by molar-refractivity contribution is -0.129. The second-order valence-corrected chi connectivity index (χ2v) is 7.57. The highest BCUT2D eigenvalue weighted by Crippen LogP contribution is 2.38. The molecule has 2 amide bonds. The fourth-order valence-electron chi connectivity index (χ4n) is 4.67. The Morgan fingerprint density at radius 2 is 2.04 bits per heavy atom. The molecular weight excluding hydrogens is 321 g/mol. The first-order chi connectivity index (χ1) is 12.0. The Morgan fingerprint density at radius 3 is 2.68 bits per heavy atom. The first-order valence-electron chi connectivity index (χ1n) is 9.07. The maximum atomic E-state index is 13.6. The summed E-state index contributed by atoms with van der Waals surface area (Å²) in [6, 6.07) is 5.99. The van der Waals surface area contributed by atoms with E-state index < -0.39 is 12.0 Å². The van der Waals surface area contributed by atoms with Crippen molar-refractivity contribution in [1.29, 1.82) is 0 Å². The highest BCUT2D eigenvalue weighted by Gasteiger charge is 2.44. The zero-order valence-corrected chi connectivity index (χ0v) is 14.5. The zero-order valence-electron chi connectivity index (χ0n) is 14.5. The summed E-state index contributed by atoms with van der Waals surface area (Å²) in [5.74, 6) is -0.415. The minimum Gasteiger partial charge on any atom is -0.351 e. The van der Waals surface area contributed by atoms with E-state index in [2.05, 4.69) is 10.2 Å². The largest absolute Gasteiger partial charge is 0.351 e. The van der Waals surface area contributed by atoms with Gasteiger partial charge in [0.2, 0.25) is 11.8 Å². The van der Waals surface area contributed by atoms with Crippen LogP contribution in [0.15, 0.2) is 24.3 Å². The number of hydrogen-bond donors (Lipinski definition) is 1. The summed E-state index contributed by atoms with van der Waals surface area (Å²) in [6.45, 7) is 3.14. The molecule has 5 nitrogen and oxygen atoms in total. The van der Waals surface area contributed by atoms with Crippen molar-refractivity contribution in [2.75, 3.05) is 26.7 Å². The molecule has 134 valence electrons. The maximum Gasteiger partial charge on any atom is 0.226 e. The smallest absolute Gasteiger partial charge is 0.226 e. The van der Waals surface area contributed by atoms with Crippen molar-refractivity contribution in [3.05, 3.63) is 35.6 Å². The van der Waals surface area contributed by atoms with Crippen LogP contribution in [-0.4, -0.2) is 54.3 Å². The van der Waals surface area contributed by atoms with Gasteiger partial charge >= 0.3 is 0 Å². The number of amides is 2. The first kappa shape index (κ1) is 16.5. The Balaban J connectivity index is 1.53. The van der Waals surface area contributed by atoms with Gasteiger partial charge in [0.1, 0.15) is 5.82 Å². The summed E-state index contributed by atoms with van der Waals surface area (Å²) >= 11 is 0. The fourth-order valence-corrected chi connectivity index (χ4v) is 4.67. The summed E-state index contributed by atoms with van der Waals surface area (Å²) in [7, 11) is 1.69. The van der Waals surface area contributed by atoms with Crippen molar-refractivity contribution in [2.24, 2.45) is 11.8 Å². The van der Waals surface area contributed by atoms with Crippen LogP contribution in [0.25, 0.3) is 0 Å². The predicted octanol–water partition coefficient (Wildman–Crippen LogP) is 1.56. The molecule has 4 saturated heterocycles. The second kappa shape index (κ2) is 6.41. The van der Waals surface area contributed by atoms with Gasteiger partial charge in [-0.2, -0.15) is 0 Å². The van der Waals surface area contributed by atoms with Crippen LogP contribution in [-0.2, 0) is 9.59 Å². The van der Waals surface area contributed by atoms with Crippen molar-refractivity contribution < 1.29 is 14.0 Å². The van der Waals surface area contributed by atoms with E-state index >= 15 is 0 Å². The maximum absolute atomic E-state index is 13.6. The number of fused-ring (bicyclic) bond motifs is 3. The van der Waals surface area contributed by atoms with Gasteiger partial charge in [0.25, 0.3) is 0 Å². The van der Waals surface area contributed by atoms with E-state index in [1.54, 1.807) is 24.1 Å². The van der Waals surface area contributed by atoms with Crippen LogP contribution in [0.2, 0.25) is 0 Å². The molecule has 0 aliphatic carbocycles. The quantitative estimate of drug-likeness (QED) is 0.904. The molecule has 3 unspecified atom stereocenters. The standard InChI is InChI=1S/C19H24FN3O2/c1-22-17(24)10-15(18(22)13-3-2-4-14(20)9-13)19(25)21-16-11-23-7-5-12(16)6-8-23/h2-4,9,12,15-16,18H,5-8,10-11H2,1H3,(H,21,25). The van der Waals surface area contributed by atoms with Crippen molar-refractivity contribution >= 4 is 11.8 Å². The van der Waals surface area contributed by atoms with Gasteiger partial charge in [0.15, 0.2) is 0 Å². The predicted molar refractivity (Wildman–Crippen MR) is 91.1 cm³/mol. The average Bonchev–Trinajstić information content (AvgIpc) is 2.91. The Labute approximate surface area is 147 Å². The Morgan fingerprint density at radius 1 is 1.28 bits per heavy atom. The van der Waals surface area contributed by atoms with E-state index in [9.17, 15) is 14.0 Å². The molecule has 3 atom stereocenters. The van der Waals surface area contributed by atoms with Gasteiger partial charge in [-0.15, -0.1) is 0 Å². The molecule has 4 heterocycles. The number of nitrogens with one attached hydrogen (secondary N) is 1. The Bertz CT molecular complexity index is 687. The second-order valence-electron chi connectivity index (χ2n) is 7.57. The van der Waals surface area contributed by atoms with Gasteiger partial charge in [-0.05, 0) is 49.5 Å². The SMILES string of the molecule is CN1C(=O)CC(C(=O)NC2CN3CCC2CC3)C1c1cccc(F)c1. The molecule has 0 spiro atoms. The van der Waals surface area contributed by atoms with E-state index in [0.717, 1.165) is 32.5 Å². The minimum atomic E-state index is -0.463. The van der Waals surface area contributed by atoms with E-state index in [0.29, 0.717) is 11.5 Å². The zero-order chi connectivity index (χ0) is 17.6. The average molecular weight is 345 g/mol. The number of halogens is 1. The summed E-state index contributed by atoms with van der Waals surface area (Å²) in [6.07, 6.45) is 2.44. The van der Waals surface area contributed by atoms with E-state index in [1.807, 2.05) is 0 Å². The highest BCUT2D eigenvalue weighted by molar-refractivity contribution is 5.90. The molecule has 1 N–H and O–H groups in total. The van der Waals surface area contributed by atoms with Crippen LogP contribution >= 0.6 is 0 Å². The van der Waals surface area contributed by atoms with E-state index in [1.165, 1.54) is 12.1 Å². The van der Waals surface area contributed by atoms with Crippen molar-refractivity contribution in [3.63, 3.8) is 0 Å². The topological polar surface area (TPSA) is 52.7 Å². The third-order valence-electron chi connectivity index (χ3n) is 6.10. The first-order valence-corrected chi connectivity index (χ1v) is 9.07. The Kier molecular flexibility index (Phi) is 4.23. The molecule has 5 rings (SSSR count). The van der Waals surface area contributed by atoms with E-state index in [-0.39, 0.29) is 30.1 Å². The van der Waals surface area contributed by atoms with Gasteiger partial charge in [0.05, 0.1) is 12.0 Å². The van der Waals surface area contributed by atoms with Crippen molar-refractivity contribution in [1.82, 2.24) is 15.1 Å². The fraction of sp³-hybridized carbons (Fsp3) is 0.579. The number of benzene rings is 1. The minimum absolute atomic E-state index is 0.0664. The third kappa shape index (κ3) is 3.03. The lowest BCUT2D eigenvalue weighted by atomic mass is 9.83. The number of rotatable bonds is 3. The molecule has 4 aliphatic heterocycles. The van der Waals surface area contributed by atoms with Crippen LogP contribution in [0, 0.1) is 17.7 Å².